The van der Waals surface area contributed by atoms with Crippen LogP contribution in [-0.2, 0) is 15.1 Å². The summed E-state index contributed by atoms with van der Waals surface area (Å²) in [4.78, 5) is 11.4. The Morgan fingerprint density at radius 3 is 2.48 bits per heavy atom. The Kier molecular flexibility index (Phi) is 6.03. The number of hydrogen-bond acceptors (Lipinski definition) is 6. The fraction of sp³-hybridized carbons (Fsp3) is 0.800. The van der Waals surface area contributed by atoms with E-state index in [1.54, 1.807) is 6.26 Å². The van der Waals surface area contributed by atoms with Gasteiger partial charge in [-0.2, -0.15) is 0 Å². The van der Waals surface area contributed by atoms with Crippen molar-refractivity contribution in [2.45, 2.75) is 77.4 Å². The molecule has 3 unspecified atom stereocenters. The number of aliphatic hydroxyl groups excluding tert-OH is 2. The average molecular weight is 435 g/mol. The lowest BCUT2D eigenvalue weighted by Gasteiger charge is -2.57. The molecule has 3 aliphatic rings. The van der Waals surface area contributed by atoms with Gasteiger partial charge in [-0.25, -0.2) is 0 Å². The molecule has 6 nitrogen and oxygen atoms in total. The maximum atomic E-state index is 11.7. The highest BCUT2D eigenvalue weighted by molar-refractivity contribution is 5.66. The van der Waals surface area contributed by atoms with Gasteiger partial charge in [-0.3, -0.25) is 4.79 Å². The van der Waals surface area contributed by atoms with Gasteiger partial charge >= 0.3 is 5.97 Å². The first kappa shape index (κ1) is 22.8. The predicted molar refractivity (Wildman–Crippen MR) is 115 cm³/mol. The molecule has 174 valence electrons. The zero-order valence-corrected chi connectivity index (χ0v) is 19.0. The normalized spacial score (nSPS) is 45.3. The topological polar surface area (TPSA) is 100 Å². The largest absolute Gasteiger partial charge is 0.466 e. The van der Waals surface area contributed by atoms with E-state index < -0.39 is 5.60 Å². The summed E-state index contributed by atoms with van der Waals surface area (Å²) in [6, 6.07) is 3.70. The van der Waals surface area contributed by atoms with E-state index in [-0.39, 0.29) is 59.8 Å². The SMILES string of the molecule is CC(=O)OC1CCC(C)([C@H]2CC[C@@]3(C)[C@@H](CC[C@@]3(O)c3ccco3)[C@@H]2CO)C(CO)C1. The molecule has 31 heavy (non-hydrogen) atoms. The van der Waals surface area contributed by atoms with E-state index in [2.05, 4.69) is 13.8 Å². The van der Waals surface area contributed by atoms with Crippen molar-refractivity contribution in [1.29, 1.82) is 0 Å². The summed E-state index contributed by atoms with van der Waals surface area (Å²) in [5, 5.41) is 32.6. The Labute approximate surface area is 185 Å². The Balaban J connectivity index is 1.60. The maximum Gasteiger partial charge on any atom is 0.302 e. The first-order valence-corrected chi connectivity index (χ1v) is 11.8. The maximum absolute atomic E-state index is 11.7. The van der Waals surface area contributed by atoms with E-state index in [4.69, 9.17) is 9.15 Å². The minimum Gasteiger partial charge on any atom is -0.466 e. The van der Waals surface area contributed by atoms with Gasteiger partial charge in [0, 0.05) is 25.6 Å². The number of ether oxygens (including phenoxy) is 1. The summed E-state index contributed by atoms with van der Waals surface area (Å²) in [6.45, 7) is 5.99. The Hall–Kier alpha value is -1.37. The molecule has 0 aromatic carbocycles. The molecule has 0 aliphatic heterocycles. The molecule has 3 N–H and O–H groups in total. The molecule has 3 fully saturated rings. The molecular weight excluding hydrogens is 396 g/mol. The van der Waals surface area contributed by atoms with Crippen molar-refractivity contribution >= 4 is 5.97 Å². The molecule has 0 bridgehead atoms. The molecule has 0 saturated heterocycles. The summed E-state index contributed by atoms with van der Waals surface area (Å²) in [6.07, 6.45) is 7.05. The van der Waals surface area contributed by atoms with Crippen LogP contribution in [0.3, 0.4) is 0 Å². The van der Waals surface area contributed by atoms with Crippen molar-refractivity contribution in [3.05, 3.63) is 24.2 Å². The average Bonchev–Trinajstić information content (AvgIpc) is 3.36. The molecule has 8 atom stereocenters. The molecule has 3 saturated carbocycles. The number of rotatable bonds is 5. The fourth-order valence-electron chi connectivity index (χ4n) is 7.79. The highest BCUT2D eigenvalue weighted by Gasteiger charge is 2.65. The standard InChI is InChI=1S/C25H38O6/c1-16(28)31-18-6-9-23(2,17(13-18)14-26)20-7-10-24(3)21(19(20)15-27)8-11-25(24,29)22-5-4-12-30-22/h4-5,12,17-21,26-27,29H,6-11,13-15H2,1-3H3/t17?,18?,19-,20+,21+,23?,24+,25-/m1/s1. The third kappa shape index (κ3) is 3.46. The van der Waals surface area contributed by atoms with E-state index in [1.165, 1.54) is 6.92 Å². The van der Waals surface area contributed by atoms with Crippen molar-refractivity contribution in [3.8, 4) is 0 Å². The van der Waals surface area contributed by atoms with Gasteiger partial charge in [0.05, 0.1) is 6.26 Å². The molecule has 0 amide bonds. The molecule has 3 aliphatic carbocycles. The number of carbonyl (C=O) groups excluding carboxylic acids is 1. The van der Waals surface area contributed by atoms with E-state index in [9.17, 15) is 20.1 Å². The van der Waals surface area contributed by atoms with Crippen LogP contribution in [0.1, 0.15) is 71.5 Å². The minimum absolute atomic E-state index is 0.0272. The van der Waals surface area contributed by atoms with Crippen LogP contribution < -0.4 is 0 Å². The first-order valence-electron chi connectivity index (χ1n) is 11.8. The van der Waals surface area contributed by atoms with Crippen molar-refractivity contribution in [2.75, 3.05) is 13.2 Å². The lowest BCUT2D eigenvalue weighted by atomic mass is 9.48. The van der Waals surface area contributed by atoms with Crippen LogP contribution in [0.5, 0.6) is 0 Å². The van der Waals surface area contributed by atoms with Crippen LogP contribution in [-0.4, -0.2) is 40.6 Å². The highest BCUT2D eigenvalue weighted by Crippen LogP contribution is 2.67. The van der Waals surface area contributed by atoms with Crippen LogP contribution in [0.2, 0.25) is 0 Å². The van der Waals surface area contributed by atoms with Crippen LogP contribution in [0.25, 0.3) is 0 Å². The fourth-order valence-corrected chi connectivity index (χ4v) is 7.79. The summed E-state index contributed by atoms with van der Waals surface area (Å²) < 4.78 is 11.1. The third-order valence-electron chi connectivity index (χ3n) is 9.61. The summed E-state index contributed by atoms with van der Waals surface area (Å²) in [7, 11) is 0. The smallest absolute Gasteiger partial charge is 0.302 e. The number of hydrogen-bond donors (Lipinski definition) is 3. The predicted octanol–water partition coefficient (Wildman–Crippen LogP) is 3.63. The van der Waals surface area contributed by atoms with Crippen molar-refractivity contribution in [1.82, 2.24) is 0 Å². The summed E-state index contributed by atoms with van der Waals surface area (Å²) in [5.41, 5.74) is -1.50. The second kappa shape index (κ2) is 8.20. The number of furan rings is 1. The van der Waals surface area contributed by atoms with Crippen LogP contribution >= 0.6 is 0 Å². The Bertz CT molecular complexity index is 777. The van der Waals surface area contributed by atoms with E-state index in [0.717, 1.165) is 32.1 Å². The van der Waals surface area contributed by atoms with Crippen LogP contribution in [0, 0.1) is 34.5 Å². The molecular formula is C25H38O6. The van der Waals surface area contributed by atoms with E-state index in [0.29, 0.717) is 18.6 Å². The zero-order chi connectivity index (χ0) is 22.4. The first-order chi connectivity index (χ1) is 14.7. The van der Waals surface area contributed by atoms with Gasteiger partial charge in [-0.1, -0.05) is 13.8 Å². The number of fused-ring (bicyclic) bond motifs is 1. The molecule has 0 spiro atoms. The lowest BCUT2D eigenvalue weighted by molar-refractivity contribution is -0.167. The van der Waals surface area contributed by atoms with Gasteiger partial charge in [0.15, 0.2) is 0 Å². The minimum atomic E-state index is -1.01. The Morgan fingerprint density at radius 1 is 1.13 bits per heavy atom. The molecule has 0 radical (unpaired) electrons. The van der Waals surface area contributed by atoms with E-state index in [1.807, 2.05) is 12.1 Å². The molecule has 1 heterocycles. The van der Waals surface area contributed by atoms with Crippen LogP contribution in [0.4, 0.5) is 0 Å². The van der Waals surface area contributed by atoms with Crippen molar-refractivity contribution < 1.29 is 29.3 Å². The number of aliphatic hydroxyl groups is 3. The zero-order valence-electron chi connectivity index (χ0n) is 19.0. The molecule has 6 heteroatoms. The van der Waals surface area contributed by atoms with E-state index >= 15 is 0 Å². The van der Waals surface area contributed by atoms with Gasteiger partial charge in [-0.15, -0.1) is 0 Å². The lowest BCUT2D eigenvalue weighted by Crippen LogP contribution is -2.55. The van der Waals surface area contributed by atoms with Crippen molar-refractivity contribution in [2.24, 2.45) is 34.5 Å². The third-order valence-corrected chi connectivity index (χ3v) is 9.61. The van der Waals surface area contributed by atoms with Gasteiger partial charge in [0.2, 0.25) is 0 Å². The summed E-state index contributed by atoms with van der Waals surface area (Å²) >= 11 is 0. The number of carbonyl (C=O) groups is 1. The second-order valence-corrected chi connectivity index (χ2v) is 10.8. The van der Waals surface area contributed by atoms with Gasteiger partial charge in [0.25, 0.3) is 0 Å². The Morgan fingerprint density at radius 2 is 1.87 bits per heavy atom. The monoisotopic (exact) mass is 434 g/mol. The van der Waals surface area contributed by atoms with Crippen LogP contribution in [0.15, 0.2) is 22.8 Å². The molecule has 1 aromatic heterocycles. The molecule has 4 rings (SSSR count). The summed E-state index contributed by atoms with van der Waals surface area (Å²) in [5.74, 6) is 0.897. The number of esters is 1. The van der Waals surface area contributed by atoms with Gasteiger partial charge in [0.1, 0.15) is 17.5 Å². The van der Waals surface area contributed by atoms with Gasteiger partial charge < -0.3 is 24.5 Å². The quantitative estimate of drug-likeness (QED) is 0.612. The second-order valence-electron chi connectivity index (χ2n) is 10.8. The highest BCUT2D eigenvalue weighted by atomic mass is 16.5. The van der Waals surface area contributed by atoms with Gasteiger partial charge in [-0.05, 0) is 86.2 Å². The van der Waals surface area contributed by atoms with Crippen molar-refractivity contribution in [3.63, 3.8) is 0 Å². The molecule has 1 aromatic rings.